The molecule has 13 heavy (non-hydrogen) atoms. The van der Waals surface area contributed by atoms with Crippen molar-refractivity contribution in [3.63, 3.8) is 0 Å². The summed E-state index contributed by atoms with van der Waals surface area (Å²) in [5, 5.41) is 0. The van der Waals surface area contributed by atoms with Crippen LogP contribution in [-0.2, 0) is 0 Å². The van der Waals surface area contributed by atoms with Crippen molar-refractivity contribution in [3.8, 4) is 11.1 Å². The Labute approximate surface area is 91.0 Å². The lowest BCUT2D eigenvalue weighted by molar-refractivity contribution is 1.33. The lowest BCUT2D eigenvalue weighted by Gasteiger charge is -2.00. The molecule has 0 fully saturated rings. The summed E-state index contributed by atoms with van der Waals surface area (Å²) in [4.78, 5) is 3.99. The molecule has 0 spiro atoms. The molecule has 64 valence electrons. The number of hydrogen-bond donors (Lipinski definition) is 0. The van der Waals surface area contributed by atoms with Gasteiger partial charge in [-0.2, -0.15) is 0 Å². The second-order valence-electron chi connectivity index (χ2n) is 2.75. The molecule has 0 N–H and O–H groups in total. The summed E-state index contributed by atoms with van der Waals surface area (Å²) < 4.78 is 1.26. The summed E-state index contributed by atoms with van der Waals surface area (Å²) in [7, 11) is 0. The van der Waals surface area contributed by atoms with E-state index in [4.69, 9.17) is 0 Å². The number of hydrogen-bond acceptors (Lipinski definition) is 1. The van der Waals surface area contributed by atoms with Crippen LogP contribution in [0.4, 0.5) is 0 Å². The van der Waals surface area contributed by atoms with Gasteiger partial charge in [-0.25, -0.2) is 0 Å². The summed E-state index contributed by atoms with van der Waals surface area (Å²) in [5.41, 5.74) is 2.46. The fraction of sp³-hybridized carbons (Fsp3) is 0. The van der Waals surface area contributed by atoms with E-state index in [1.54, 1.807) is 0 Å². The Balaban J connectivity index is 2.48. The van der Waals surface area contributed by atoms with Crippen LogP contribution in [0.25, 0.3) is 11.1 Å². The first-order valence-corrected chi connectivity index (χ1v) is 5.10. The van der Waals surface area contributed by atoms with Crippen molar-refractivity contribution in [1.29, 1.82) is 0 Å². The van der Waals surface area contributed by atoms with Crippen LogP contribution in [0.1, 0.15) is 0 Å². The molecule has 0 saturated heterocycles. The van der Waals surface area contributed by atoms with Gasteiger partial charge in [0.05, 0.1) is 0 Å². The Bertz CT molecular complexity index is 398. The van der Waals surface area contributed by atoms with E-state index in [0.717, 1.165) is 0 Å². The minimum Gasteiger partial charge on any atom is -0.265 e. The number of halogens is 1. The number of aromatic nitrogens is 1. The van der Waals surface area contributed by atoms with Gasteiger partial charge in [0.2, 0.25) is 0 Å². The molecule has 0 amide bonds. The van der Waals surface area contributed by atoms with Crippen LogP contribution >= 0.6 is 22.6 Å². The second kappa shape index (κ2) is 3.87. The predicted molar refractivity (Wildman–Crippen MR) is 62.4 cm³/mol. The van der Waals surface area contributed by atoms with Crippen molar-refractivity contribution >= 4 is 22.6 Å². The van der Waals surface area contributed by atoms with Crippen molar-refractivity contribution in [3.05, 3.63) is 52.4 Å². The summed E-state index contributed by atoms with van der Waals surface area (Å²) in [6.45, 7) is 0. The minimum absolute atomic E-state index is 1.22. The van der Waals surface area contributed by atoms with Gasteiger partial charge in [0.25, 0.3) is 0 Å². The van der Waals surface area contributed by atoms with Gasteiger partial charge in [0.15, 0.2) is 0 Å². The zero-order valence-corrected chi connectivity index (χ0v) is 9.10. The van der Waals surface area contributed by atoms with Gasteiger partial charge < -0.3 is 0 Å². The average molecular weight is 281 g/mol. The molecule has 0 saturated carbocycles. The van der Waals surface area contributed by atoms with Gasteiger partial charge in [-0.05, 0) is 58.0 Å². The van der Waals surface area contributed by atoms with E-state index in [0.29, 0.717) is 0 Å². The van der Waals surface area contributed by atoms with E-state index in [1.807, 2.05) is 24.5 Å². The molecular weight excluding hydrogens is 273 g/mol. The normalized spacial score (nSPS) is 9.92. The lowest BCUT2D eigenvalue weighted by atomic mass is 10.1. The first-order chi connectivity index (χ1) is 6.36. The molecular formula is C11H8IN. The third-order valence-corrected chi connectivity index (χ3v) is 2.51. The highest BCUT2D eigenvalue weighted by Crippen LogP contribution is 2.19. The van der Waals surface area contributed by atoms with E-state index in [9.17, 15) is 0 Å². The van der Waals surface area contributed by atoms with Crippen molar-refractivity contribution < 1.29 is 0 Å². The summed E-state index contributed by atoms with van der Waals surface area (Å²) in [5.74, 6) is 0. The minimum atomic E-state index is 1.22. The van der Waals surface area contributed by atoms with Crippen LogP contribution in [0.3, 0.4) is 0 Å². The maximum Gasteiger partial charge on any atom is 0.0273 e. The molecule has 2 rings (SSSR count). The van der Waals surface area contributed by atoms with Crippen molar-refractivity contribution in [2.75, 3.05) is 0 Å². The zero-order valence-electron chi connectivity index (χ0n) is 6.94. The van der Waals surface area contributed by atoms with Gasteiger partial charge in [-0.15, -0.1) is 0 Å². The highest BCUT2D eigenvalue weighted by atomic mass is 127. The molecule has 1 nitrogen and oxygen atoms in total. The van der Waals surface area contributed by atoms with E-state index < -0.39 is 0 Å². The third kappa shape index (κ3) is 2.06. The number of rotatable bonds is 1. The van der Waals surface area contributed by atoms with Crippen LogP contribution < -0.4 is 0 Å². The topological polar surface area (TPSA) is 12.9 Å². The first-order valence-electron chi connectivity index (χ1n) is 4.02. The van der Waals surface area contributed by atoms with Gasteiger partial charge >= 0.3 is 0 Å². The summed E-state index contributed by atoms with van der Waals surface area (Å²) >= 11 is 2.32. The summed E-state index contributed by atoms with van der Waals surface area (Å²) in [6.07, 6.45) is 3.63. The fourth-order valence-electron chi connectivity index (χ4n) is 1.21. The van der Waals surface area contributed by atoms with Crippen LogP contribution in [0.15, 0.2) is 48.8 Å². The molecule has 2 heteroatoms. The van der Waals surface area contributed by atoms with Gasteiger partial charge in [0.1, 0.15) is 0 Å². The van der Waals surface area contributed by atoms with Crippen LogP contribution in [0.2, 0.25) is 0 Å². The molecule has 0 bridgehead atoms. The third-order valence-electron chi connectivity index (χ3n) is 1.84. The SMILES string of the molecule is Ic1cccc(-c2ccncc2)c1. The maximum absolute atomic E-state index is 3.99. The van der Waals surface area contributed by atoms with Gasteiger partial charge in [0, 0.05) is 16.0 Å². The molecule has 0 unspecified atom stereocenters. The highest BCUT2D eigenvalue weighted by molar-refractivity contribution is 14.1. The largest absolute Gasteiger partial charge is 0.265 e. The Kier molecular flexibility index (Phi) is 2.59. The van der Waals surface area contributed by atoms with Gasteiger partial charge in [-0.1, -0.05) is 12.1 Å². The maximum atomic E-state index is 3.99. The molecule has 1 heterocycles. The van der Waals surface area contributed by atoms with E-state index >= 15 is 0 Å². The number of nitrogens with zero attached hydrogens (tertiary/aromatic N) is 1. The molecule has 1 aromatic carbocycles. The van der Waals surface area contributed by atoms with E-state index in [2.05, 4.69) is 51.8 Å². The molecule has 0 atom stereocenters. The molecule has 2 aromatic rings. The lowest BCUT2D eigenvalue weighted by Crippen LogP contribution is -1.78. The van der Waals surface area contributed by atoms with E-state index in [-0.39, 0.29) is 0 Å². The zero-order chi connectivity index (χ0) is 9.10. The molecule has 0 aliphatic rings. The van der Waals surface area contributed by atoms with Crippen LogP contribution in [-0.4, -0.2) is 4.98 Å². The molecule has 1 aromatic heterocycles. The van der Waals surface area contributed by atoms with Gasteiger partial charge in [-0.3, -0.25) is 4.98 Å². The van der Waals surface area contributed by atoms with Crippen LogP contribution in [0, 0.1) is 3.57 Å². The Hall–Kier alpha value is -0.900. The quantitative estimate of drug-likeness (QED) is 0.730. The smallest absolute Gasteiger partial charge is 0.0273 e. The fourth-order valence-corrected chi connectivity index (χ4v) is 1.76. The Morgan fingerprint density at radius 1 is 0.923 bits per heavy atom. The second-order valence-corrected chi connectivity index (χ2v) is 3.99. The standard InChI is InChI=1S/C11H8IN/c12-11-3-1-2-10(8-11)9-4-6-13-7-5-9/h1-8H. The van der Waals surface area contributed by atoms with Crippen LogP contribution in [0.5, 0.6) is 0 Å². The van der Waals surface area contributed by atoms with Crippen molar-refractivity contribution in [2.45, 2.75) is 0 Å². The van der Waals surface area contributed by atoms with E-state index in [1.165, 1.54) is 14.7 Å². The highest BCUT2D eigenvalue weighted by Gasteiger charge is 1.95. The van der Waals surface area contributed by atoms with Crippen molar-refractivity contribution in [1.82, 2.24) is 4.98 Å². The summed E-state index contributed by atoms with van der Waals surface area (Å²) in [6, 6.07) is 12.5. The molecule has 0 radical (unpaired) electrons. The predicted octanol–water partition coefficient (Wildman–Crippen LogP) is 3.35. The first kappa shape index (κ1) is 8.69. The monoisotopic (exact) mass is 281 g/mol. The number of benzene rings is 1. The molecule has 0 aliphatic heterocycles. The Morgan fingerprint density at radius 2 is 1.69 bits per heavy atom. The van der Waals surface area contributed by atoms with Crippen molar-refractivity contribution in [2.24, 2.45) is 0 Å². The molecule has 0 aliphatic carbocycles. The number of pyridine rings is 1. The average Bonchev–Trinajstić information content (AvgIpc) is 2.19. The Morgan fingerprint density at radius 3 is 2.38 bits per heavy atom.